The van der Waals surface area contributed by atoms with Gasteiger partial charge in [0, 0.05) is 11.3 Å². The van der Waals surface area contributed by atoms with Crippen LogP contribution in [-0.4, -0.2) is 31.1 Å². The molecule has 0 saturated carbocycles. The van der Waals surface area contributed by atoms with Gasteiger partial charge in [-0.1, -0.05) is 18.2 Å². The summed E-state index contributed by atoms with van der Waals surface area (Å²) in [5, 5.41) is 14.9. The number of hydrazone groups is 1. The van der Waals surface area contributed by atoms with E-state index in [-0.39, 0.29) is 5.75 Å². The zero-order valence-electron chi connectivity index (χ0n) is 17.4. The molecule has 0 saturated heterocycles. The van der Waals surface area contributed by atoms with Gasteiger partial charge in [-0.3, -0.25) is 9.59 Å². The van der Waals surface area contributed by atoms with Gasteiger partial charge in [-0.25, -0.2) is 10.2 Å². The maximum absolute atomic E-state index is 12.5. The number of amides is 2. The fourth-order valence-corrected chi connectivity index (χ4v) is 2.62. The Morgan fingerprint density at radius 1 is 0.970 bits per heavy atom. The fourth-order valence-electron chi connectivity index (χ4n) is 2.62. The first kappa shape index (κ1) is 22.7. The van der Waals surface area contributed by atoms with Crippen LogP contribution in [0.2, 0.25) is 0 Å². The molecule has 2 amide bonds. The Bertz CT molecular complexity index is 1250. The number of methoxy groups -OCH3 is 1. The molecule has 0 aliphatic carbocycles. The first-order valence-corrected chi connectivity index (χ1v) is 9.60. The second kappa shape index (κ2) is 10.9. The number of ether oxygens (including phenoxy) is 2. The second-order valence-electron chi connectivity index (χ2n) is 6.50. The van der Waals surface area contributed by atoms with Gasteiger partial charge in [-0.15, -0.1) is 0 Å². The van der Waals surface area contributed by atoms with Crippen LogP contribution >= 0.6 is 0 Å². The van der Waals surface area contributed by atoms with Gasteiger partial charge < -0.3 is 14.8 Å². The SMILES string of the molecule is COc1cccc(C(=O)Oc2ccccc2C=NNC(=O)C(=O)Nc2ccc(C#N)cc2)c1. The molecule has 3 aromatic carbocycles. The third-order valence-electron chi connectivity index (χ3n) is 4.27. The van der Waals surface area contributed by atoms with E-state index in [4.69, 9.17) is 14.7 Å². The highest BCUT2D eigenvalue weighted by Gasteiger charge is 2.14. The minimum absolute atomic E-state index is 0.213. The van der Waals surface area contributed by atoms with E-state index < -0.39 is 17.8 Å². The van der Waals surface area contributed by atoms with Crippen molar-refractivity contribution in [2.75, 3.05) is 12.4 Å². The summed E-state index contributed by atoms with van der Waals surface area (Å²) in [5.41, 5.74) is 3.59. The van der Waals surface area contributed by atoms with E-state index in [0.29, 0.717) is 28.1 Å². The van der Waals surface area contributed by atoms with Crippen LogP contribution in [0.1, 0.15) is 21.5 Å². The molecule has 0 unspecified atom stereocenters. The van der Waals surface area contributed by atoms with Crippen LogP contribution in [-0.2, 0) is 9.59 Å². The number of para-hydroxylation sites is 1. The molecular formula is C24H18N4O5. The van der Waals surface area contributed by atoms with Crippen molar-refractivity contribution >= 4 is 29.7 Å². The highest BCUT2D eigenvalue weighted by molar-refractivity contribution is 6.39. The maximum atomic E-state index is 12.5. The molecule has 0 aliphatic rings. The number of benzene rings is 3. The van der Waals surface area contributed by atoms with Gasteiger partial charge in [-0.05, 0) is 54.6 Å². The number of carbonyl (C=O) groups is 3. The molecule has 0 spiro atoms. The number of hydrogen-bond acceptors (Lipinski definition) is 7. The van der Waals surface area contributed by atoms with Gasteiger partial charge >= 0.3 is 17.8 Å². The maximum Gasteiger partial charge on any atom is 0.343 e. The monoisotopic (exact) mass is 442 g/mol. The van der Waals surface area contributed by atoms with E-state index in [1.807, 2.05) is 6.07 Å². The molecule has 0 fully saturated rings. The molecule has 9 nitrogen and oxygen atoms in total. The van der Waals surface area contributed by atoms with Gasteiger partial charge in [0.2, 0.25) is 0 Å². The summed E-state index contributed by atoms with van der Waals surface area (Å²) < 4.78 is 10.5. The Morgan fingerprint density at radius 3 is 2.45 bits per heavy atom. The van der Waals surface area contributed by atoms with Crippen molar-refractivity contribution in [1.29, 1.82) is 5.26 Å². The van der Waals surface area contributed by atoms with Gasteiger partial charge in [0.1, 0.15) is 11.5 Å². The van der Waals surface area contributed by atoms with Crippen LogP contribution in [0.25, 0.3) is 0 Å². The zero-order valence-corrected chi connectivity index (χ0v) is 17.4. The Labute approximate surface area is 189 Å². The molecule has 2 N–H and O–H groups in total. The van der Waals surface area contributed by atoms with Crippen LogP contribution in [0.4, 0.5) is 5.69 Å². The van der Waals surface area contributed by atoms with Gasteiger partial charge in [0.15, 0.2) is 0 Å². The van der Waals surface area contributed by atoms with Gasteiger partial charge in [-0.2, -0.15) is 10.4 Å². The fraction of sp³-hybridized carbons (Fsp3) is 0.0417. The van der Waals surface area contributed by atoms with E-state index in [1.54, 1.807) is 48.5 Å². The average Bonchev–Trinajstić information content (AvgIpc) is 2.85. The average molecular weight is 442 g/mol. The van der Waals surface area contributed by atoms with Crippen molar-refractivity contribution in [2.24, 2.45) is 5.10 Å². The molecule has 0 bridgehead atoms. The number of nitrogens with zero attached hydrogens (tertiary/aromatic N) is 2. The highest BCUT2D eigenvalue weighted by Crippen LogP contribution is 2.19. The van der Waals surface area contributed by atoms with Crippen molar-refractivity contribution in [1.82, 2.24) is 5.43 Å². The number of rotatable bonds is 6. The zero-order chi connectivity index (χ0) is 23.6. The summed E-state index contributed by atoms with van der Waals surface area (Å²) in [5.74, 6) is -1.80. The predicted octanol–water partition coefficient (Wildman–Crippen LogP) is 2.87. The number of carbonyl (C=O) groups excluding carboxylic acids is 3. The quantitative estimate of drug-likeness (QED) is 0.199. The topological polar surface area (TPSA) is 130 Å². The van der Waals surface area contributed by atoms with E-state index >= 15 is 0 Å². The van der Waals surface area contributed by atoms with Crippen LogP contribution in [0.5, 0.6) is 11.5 Å². The summed E-state index contributed by atoms with van der Waals surface area (Å²) in [4.78, 5) is 36.4. The van der Waals surface area contributed by atoms with Crippen LogP contribution in [0.15, 0.2) is 77.9 Å². The highest BCUT2D eigenvalue weighted by atomic mass is 16.5. The Balaban J connectivity index is 1.61. The molecule has 9 heteroatoms. The lowest BCUT2D eigenvalue weighted by Crippen LogP contribution is -2.32. The molecule has 0 aromatic heterocycles. The first-order valence-electron chi connectivity index (χ1n) is 9.60. The standard InChI is InChI=1S/C24H18N4O5/c1-32-20-7-4-6-17(13-20)24(31)33-21-8-3-2-5-18(21)15-26-28-23(30)22(29)27-19-11-9-16(14-25)10-12-19/h2-13,15H,1H3,(H,27,29)(H,28,30). The summed E-state index contributed by atoms with van der Waals surface area (Å²) in [7, 11) is 1.50. The number of hydrogen-bond donors (Lipinski definition) is 2. The molecular weight excluding hydrogens is 424 g/mol. The van der Waals surface area contributed by atoms with E-state index in [2.05, 4.69) is 15.8 Å². The van der Waals surface area contributed by atoms with Gasteiger partial charge in [0.05, 0.1) is 30.5 Å². The Kier molecular flexibility index (Phi) is 7.49. The second-order valence-corrected chi connectivity index (χ2v) is 6.50. The summed E-state index contributed by atoms with van der Waals surface area (Å²) >= 11 is 0. The minimum atomic E-state index is -0.999. The van der Waals surface area contributed by atoms with Gasteiger partial charge in [0.25, 0.3) is 0 Å². The molecule has 33 heavy (non-hydrogen) atoms. The van der Waals surface area contributed by atoms with Crippen LogP contribution in [0.3, 0.4) is 0 Å². The normalized spacial score (nSPS) is 10.2. The Hall–Kier alpha value is -4.97. The lowest BCUT2D eigenvalue weighted by Gasteiger charge is -2.08. The molecule has 0 heterocycles. The van der Waals surface area contributed by atoms with Crippen molar-refractivity contribution < 1.29 is 23.9 Å². The number of nitrogens with one attached hydrogen (secondary N) is 2. The Morgan fingerprint density at radius 2 is 1.73 bits per heavy atom. The molecule has 0 radical (unpaired) electrons. The molecule has 164 valence electrons. The minimum Gasteiger partial charge on any atom is -0.497 e. The lowest BCUT2D eigenvalue weighted by molar-refractivity contribution is -0.136. The molecule has 3 aromatic rings. The predicted molar refractivity (Wildman–Crippen MR) is 120 cm³/mol. The number of esters is 1. The van der Waals surface area contributed by atoms with Crippen LogP contribution < -0.4 is 20.2 Å². The molecule has 0 aliphatic heterocycles. The lowest BCUT2D eigenvalue weighted by atomic mass is 10.2. The summed E-state index contributed by atoms with van der Waals surface area (Å²) in [6.07, 6.45) is 1.25. The summed E-state index contributed by atoms with van der Waals surface area (Å²) in [6, 6.07) is 21.1. The van der Waals surface area contributed by atoms with E-state index in [0.717, 1.165) is 0 Å². The molecule has 0 atom stereocenters. The smallest absolute Gasteiger partial charge is 0.343 e. The van der Waals surface area contributed by atoms with Crippen molar-refractivity contribution in [3.63, 3.8) is 0 Å². The van der Waals surface area contributed by atoms with Crippen molar-refractivity contribution in [3.8, 4) is 17.6 Å². The van der Waals surface area contributed by atoms with Crippen molar-refractivity contribution in [2.45, 2.75) is 0 Å². The first-order chi connectivity index (χ1) is 16.0. The van der Waals surface area contributed by atoms with E-state index in [1.165, 1.54) is 37.6 Å². The van der Waals surface area contributed by atoms with Crippen molar-refractivity contribution in [3.05, 3.63) is 89.5 Å². The molecule has 3 rings (SSSR count). The van der Waals surface area contributed by atoms with E-state index in [9.17, 15) is 14.4 Å². The van der Waals surface area contributed by atoms with Crippen LogP contribution in [0, 0.1) is 11.3 Å². The third kappa shape index (κ3) is 6.26. The third-order valence-corrected chi connectivity index (χ3v) is 4.27. The number of nitriles is 1. The largest absolute Gasteiger partial charge is 0.497 e. The summed E-state index contributed by atoms with van der Waals surface area (Å²) in [6.45, 7) is 0. The number of anilines is 1.